The molecule has 1 fully saturated rings. The van der Waals surface area contributed by atoms with E-state index >= 15 is 0 Å². The highest BCUT2D eigenvalue weighted by Gasteiger charge is 2.23. The Labute approximate surface area is 224 Å². The molecule has 1 aromatic heterocycles. The molecule has 1 aromatic rings. The van der Waals surface area contributed by atoms with Crippen LogP contribution in [0.2, 0.25) is 0 Å². The fourth-order valence-corrected chi connectivity index (χ4v) is 4.37. The van der Waals surface area contributed by atoms with E-state index in [9.17, 15) is 9.59 Å². The van der Waals surface area contributed by atoms with Crippen LogP contribution in [0.4, 0.5) is 0 Å². The average Bonchev–Trinajstić information content (AvgIpc) is 2.94. The molecule has 1 amide bonds. The molecule has 2 rings (SSSR count). The Hall–Kier alpha value is -3.01. The van der Waals surface area contributed by atoms with Gasteiger partial charge >= 0.3 is 0 Å². The first-order chi connectivity index (χ1) is 18.2. The van der Waals surface area contributed by atoms with Crippen molar-refractivity contribution in [3.05, 3.63) is 90.9 Å². The molecule has 0 bridgehead atoms. The van der Waals surface area contributed by atoms with E-state index in [1.807, 2.05) is 11.0 Å². The van der Waals surface area contributed by atoms with Crippen LogP contribution in [0.1, 0.15) is 94.3 Å². The number of aromatic nitrogens is 1. The van der Waals surface area contributed by atoms with Gasteiger partial charge in [-0.05, 0) is 82.3 Å². The first-order valence-corrected chi connectivity index (χ1v) is 14.2. The Morgan fingerprint density at radius 3 is 2.03 bits per heavy atom. The van der Waals surface area contributed by atoms with Crippen LogP contribution in [-0.4, -0.2) is 34.7 Å². The molecule has 0 spiro atoms. The lowest BCUT2D eigenvalue weighted by atomic mass is 9.90. The van der Waals surface area contributed by atoms with Gasteiger partial charge < -0.3 is 4.90 Å². The summed E-state index contributed by atoms with van der Waals surface area (Å²) in [5.41, 5.74) is 0.656. The lowest BCUT2D eigenvalue weighted by Gasteiger charge is -2.32. The SMILES string of the molecule is CC/C=C\C/C=C\C/C=C\C/C=C\C/C=C\CCCC(=O)CCC1CCN(C(=O)c2cccnc2)CC1. The highest BCUT2D eigenvalue weighted by molar-refractivity contribution is 5.93. The predicted octanol–water partition coefficient (Wildman–Crippen LogP) is 8.20. The van der Waals surface area contributed by atoms with E-state index in [2.05, 4.69) is 72.7 Å². The monoisotopic (exact) mass is 502 g/mol. The molecule has 1 aliphatic rings. The number of amides is 1. The Kier molecular flexibility index (Phi) is 16.4. The van der Waals surface area contributed by atoms with Crippen molar-refractivity contribution in [2.24, 2.45) is 5.92 Å². The molecule has 0 saturated carbocycles. The van der Waals surface area contributed by atoms with Gasteiger partial charge in [-0.1, -0.05) is 67.7 Å². The predicted molar refractivity (Wildman–Crippen MR) is 155 cm³/mol. The fraction of sp³-hybridized carbons (Fsp3) is 0.485. The number of hydrogen-bond acceptors (Lipinski definition) is 3. The second kappa shape index (κ2) is 20.1. The number of carbonyl (C=O) groups excluding carboxylic acids is 2. The lowest BCUT2D eigenvalue weighted by molar-refractivity contribution is -0.119. The Bertz CT molecular complexity index is 904. The van der Waals surface area contributed by atoms with E-state index in [-0.39, 0.29) is 5.91 Å². The quantitative estimate of drug-likeness (QED) is 0.159. The summed E-state index contributed by atoms with van der Waals surface area (Å²) in [5.74, 6) is 0.992. The van der Waals surface area contributed by atoms with Gasteiger partial charge in [-0.25, -0.2) is 0 Å². The number of likely N-dealkylation sites (tertiary alicyclic amines) is 1. The summed E-state index contributed by atoms with van der Waals surface area (Å²) in [6, 6.07) is 3.62. The zero-order chi connectivity index (χ0) is 26.4. The van der Waals surface area contributed by atoms with Crippen molar-refractivity contribution in [1.82, 2.24) is 9.88 Å². The fourth-order valence-electron chi connectivity index (χ4n) is 4.37. The van der Waals surface area contributed by atoms with Crippen LogP contribution in [0.15, 0.2) is 85.3 Å². The van der Waals surface area contributed by atoms with Crippen LogP contribution in [0.3, 0.4) is 0 Å². The molecule has 0 aliphatic carbocycles. The highest BCUT2D eigenvalue weighted by atomic mass is 16.2. The summed E-state index contributed by atoms with van der Waals surface area (Å²) in [6.07, 6.45) is 36.6. The number of rotatable bonds is 17. The molecule has 0 N–H and O–H groups in total. The zero-order valence-electron chi connectivity index (χ0n) is 22.8. The first kappa shape index (κ1) is 30.2. The number of hydrogen-bond donors (Lipinski definition) is 0. The lowest BCUT2D eigenvalue weighted by Crippen LogP contribution is -2.38. The minimum absolute atomic E-state index is 0.0673. The number of Topliss-reactive ketones (excluding diaryl/α,β-unsaturated/α-hetero) is 1. The van der Waals surface area contributed by atoms with Crippen LogP contribution >= 0.6 is 0 Å². The Morgan fingerprint density at radius 1 is 0.865 bits per heavy atom. The van der Waals surface area contributed by atoms with Crippen molar-refractivity contribution < 1.29 is 9.59 Å². The largest absolute Gasteiger partial charge is 0.339 e. The van der Waals surface area contributed by atoms with E-state index in [0.717, 1.165) is 77.3 Å². The number of unbranched alkanes of at least 4 members (excludes halogenated alkanes) is 1. The van der Waals surface area contributed by atoms with Crippen molar-refractivity contribution >= 4 is 11.7 Å². The number of piperidine rings is 1. The zero-order valence-corrected chi connectivity index (χ0v) is 22.8. The summed E-state index contributed by atoms with van der Waals surface area (Å²) in [6.45, 7) is 3.70. The molecule has 2 heterocycles. The molecule has 4 nitrogen and oxygen atoms in total. The molecule has 0 aromatic carbocycles. The van der Waals surface area contributed by atoms with E-state index in [4.69, 9.17) is 0 Å². The number of pyridine rings is 1. The smallest absolute Gasteiger partial charge is 0.255 e. The van der Waals surface area contributed by atoms with Gasteiger partial charge in [0.2, 0.25) is 0 Å². The van der Waals surface area contributed by atoms with Crippen molar-refractivity contribution in [2.45, 2.75) is 84.0 Å². The Balaban J connectivity index is 1.44. The van der Waals surface area contributed by atoms with Gasteiger partial charge in [0.1, 0.15) is 5.78 Å². The van der Waals surface area contributed by atoms with Crippen LogP contribution in [-0.2, 0) is 4.79 Å². The summed E-state index contributed by atoms with van der Waals surface area (Å²) in [5, 5.41) is 0. The normalized spacial score (nSPS) is 15.3. The number of nitrogens with zero attached hydrogens (tertiary/aromatic N) is 2. The third-order valence-electron chi connectivity index (χ3n) is 6.63. The molecular weight excluding hydrogens is 456 g/mol. The Morgan fingerprint density at radius 2 is 1.46 bits per heavy atom. The number of carbonyl (C=O) groups is 2. The minimum atomic E-state index is 0.0673. The van der Waals surface area contributed by atoms with Gasteiger partial charge in [0.05, 0.1) is 5.56 Å². The third-order valence-corrected chi connectivity index (χ3v) is 6.63. The van der Waals surface area contributed by atoms with E-state index in [1.54, 1.807) is 18.5 Å². The van der Waals surface area contributed by atoms with Gasteiger partial charge in [0.15, 0.2) is 0 Å². The van der Waals surface area contributed by atoms with Gasteiger partial charge in [-0.2, -0.15) is 0 Å². The summed E-state index contributed by atoms with van der Waals surface area (Å²) < 4.78 is 0. The van der Waals surface area contributed by atoms with Gasteiger partial charge in [-0.15, -0.1) is 0 Å². The molecule has 200 valence electrons. The van der Waals surface area contributed by atoms with E-state index in [1.165, 1.54) is 0 Å². The van der Waals surface area contributed by atoms with Crippen molar-refractivity contribution in [1.29, 1.82) is 0 Å². The number of allylic oxidation sites excluding steroid dienone is 10. The van der Waals surface area contributed by atoms with Crippen LogP contribution in [0.5, 0.6) is 0 Å². The minimum Gasteiger partial charge on any atom is -0.339 e. The molecule has 0 unspecified atom stereocenters. The van der Waals surface area contributed by atoms with E-state index < -0.39 is 0 Å². The molecule has 0 radical (unpaired) electrons. The molecule has 1 aliphatic heterocycles. The maximum atomic E-state index is 12.5. The van der Waals surface area contributed by atoms with Crippen molar-refractivity contribution in [3.63, 3.8) is 0 Å². The third kappa shape index (κ3) is 14.3. The maximum Gasteiger partial charge on any atom is 0.255 e. The second-order valence-corrected chi connectivity index (χ2v) is 9.65. The molecule has 0 atom stereocenters. The topological polar surface area (TPSA) is 50.3 Å². The molecule has 37 heavy (non-hydrogen) atoms. The first-order valence-electron chi connectivity index (χ1n) is 14.2. The number of ketones is 1. The van der Waals surface area contributed by atoms with Crippen molar-refractivity contribution in [3.8, 4) is 0 Å². The van der Waals surface area contributed by atoms with Crippen molar-refractivity contribution in [2.75, 3.05) is 13.1 Å². The highest BCUT2D eigenvalue weighted by Crippen LogP contribution is 2.23. The maximum absolute atomic E-state index is 12.5. The second-order valence-electron chi connectivity index (χ2n) is 9.65. The summed E-state index contributed by atoms with van der Waals surface area (Å²) in [4.78, 5) is 30.8. The standard InChI is InChI=1S/C33H46N2O2/c1-2-3-4-5-6-7-8-9-10-11-12-13-14-15-16-17-18-21-32(36)23-22-30-24-27-35(28-25-30)33(37)31-20-19-26-34-29-31/h3-4,6-7,9-10,12-13,15-16,19-20,26,29-30H,2,5,8,11,14,17-18,21-25,27-28H2,1H3/b4-3-,7-6-,10-9-,13-12-,16-15-. The average molecular weight is 503 g/mol. The van der Waals surface area contributed by atoms with Crippen LogP contribution < -0.4 is 0 Å². The van der Waals surface area contributed by atoms with E-state index in [0.29, 0.717) is 30.1 Å². The van der Waals surface area contributed by atoms with Crippen LogP contribution in [0.25, 0.3) is 0 Å². The summed E-state index contributed by atoms with van der Waals surface area (Å²) in [7, 11) is 0. The summed E-state index contributed by atoms with van der Waals surface area (Å²) >= 11 is 0. The van der Waals surface area contributed by atoms with Gasteiger partial charge in [0.25, 0.3) is 5.91 Å². The molecular formula is C33H46N2O2. The van der Waals surface area contributed by atoms with Gasteiger partial charge in [-0.3, -0.25) is 14.6 Å². The van der Waals surface area contributed by atoms with Crippen LogP contribution in [0, 0.1) is 5.92 Å². The molecule has 1 saturated heterocycles. The van der Waals surface area contributed by atoms with Gasteiger partial charge in [0, 0.05) is 38.3 Å². The molecule has 4 heteroatoms.